The van der Waals surface area contributed by atoms with E-state index in [0.29, 0.717) is 5.82 Å². The Morgan fingerprint density at radius 3 is 2.38 bits per heavy atom. The fourth-order valence-electron chi connectivity index (χ4n) is 3.42. The highest BCUT2D eigenvalue weighted by Crippen LogP contribution is 2.23. The van der Waals surface area contributed by atoms with Crippen LogP contribution in [0.3, 0.4) is 0 Å². The summed E-state index contributed by atoms with van der Waals surface area (Å²) in [6.07, 6.45) is 1.65. The molecule has 0 bridgehead atoms. The smallest absolute Gasteiger partial charge is 0.357 e. The molecule has 2 aromatic carbocycles. The molecular weight excluding hydrogens is 450 g/mol. The second-order valence-electron chi connectivity index (χ2n) is 7.59. The van der Waals surface area contributed by atoms with E-state index < -0.39 is 12.6 Å². The molecule has 34 heavy (non-hydrogen) atoms. The van der Waals surface area contributed by atoms with Crippen molar-refractivity contribution in [2.75, 3.05) is 11.5 Å². The van der Waals surface area contributed by atoms with E-state index in [-0.39, 0.29) is 17.6 Å². The van der Waals surface area contributed by atoms with Crippen molar-refractivity contribution < 1.29 is 14.3 Å². The molecule has 0 saturated heterocycles. The van der Waals surface area contributed by atoms with Crippen LogP contribution in [-0.2, 0) is 14.3 Å². The van der Waals surface area contributed by atoms with Gasteiger partial charge in [0.05, 0.1) is 0 Å². The van der Waals surface area contributed by atoms with E-state index in [9.17, 15) is 9.59 Å². The molecule has 4 rings (SSSR count). The summed E-state index contributed by atoms with van der Waals surface area (Å²) in [6, 6.07) is 22.2. The number of para-hydroxylation sites is 1. The van der Waals surface area contributed by atoms with Gasteiger partial charge in [-0.05, 0) is 53.9 Å². The van der Waals surface area contributed by atoms with E-state index >= 15 is 0 Å². The van der Waals surface area contributed by atoms with Crippen LogP contribution < -0.4 is 4.90 Å². The Bertz CT molecular complexity index is 1270. The first-order chi connectivity index (χ1) is 16.5. The monoisotopic (exact) mass is 473 g/mol. The number of tetrazole rings is 1. The second-order valence-corrected chi connectivity index (χ2v) is 8.57. The predicted octanol–water partition coefficient (Wildman–Crippen LogP) is 4.38. The zero-order valence-electron chi connectivity index (χ0n) is 18.7. The standard InChI is InChI=1S/C25H23N5O3S/c1-18(2)29(20-12-7-4-8-13-20)23(31)17-33-25(32)22(16-21-14-9-15-34-21)30-24(26-27-28-30)19-10-5-3-6-11-19/h3-16,18H,17H2,1-2H3/b22-16-. The first-order valence-electron chi connectivity index (χ1n) is 10.7. The summed E-state index contributed by atoms with van der Waals surface area (Å²) < 4.78 is 6.80. The molecule has 0 atom stereocenters. The molecule has 0 aliphatic carbocycles. The van der Waals surface area contributed by atoms with Gasteiger partial charge in [0.1, 0.15) is 0 Å². The van der Waals surface area contributed by atoms with Crippen molar-refractivity contribution >= 4 is 40.7 Å². The third-order valence-electron chi connectivity index (χ3n) is 4.91. The number of esters is 1. The lowest BCUT2D eigenvalue weighted by Crippen LogP contribution is -2.40. The molecule has 0 N–H and O–H groups in total. The summed E-state index contributed by atoms with van der Waals surface area (Å²) in [5.41, 5.74) is 1.58. The lowest BCUT2D eigenvalue weighted by Gasteiger charge is -2.26. The van der Waals surface area contributed by atoms with Gasteiger partial charge in [-0.1, -0.05) is 54.6 Å². The minimum Gasteiger partial charge on any atom is -0.451 e. The largest absolute Gasteiger partial charge is 0.451 e. The quantitative estimate of drug-likeness (QED) is 0.279. The molecule has 0 spiro atoms. The zero-order valence-corrected chi connectivity index (χ0v) is 19.6. The average Bonchev–Trinajstić information content (AvgIpc) is 3.54. The number of hydrogen-bond acceptors (Lipinski definition) is 7. The molecule has 8 nitrogen and oxygen atoms in total. The minimum atomic E-state index is -0.706. The molecule has 4 aromatic rings. The highest BCUT2D eigenvalue weighted by molar-refractivity contribution is 7.10. The summed E-state index contributed by atoms with van der Waals surface area (Å²) in [5.74, 6) is -0.646. The Balaban J connectivity index is 1.60. The zero-order chi connectivity index (χ0) is 23.9. The van der Waals surface area contributed by atoms with Crippen LogP contribution in [0.25, 0.3) is 23.2 Å². The fourth-order valence-corrected chi connectivity index (χ4v) is 4.07. The third kappa shape index (κ3) is 5.26. The molecule has 2 aromatic heterocycles. The lowest BCUT2D eigenvalue weighted by molar-refractivity contribution is -0.142. The minimum absolute atomic E-state index is 0.106. The maximum Gasteiger partial charge on any atom is 0.357 e. The number of anilines is 1. The van der Waals surface area contributed by atoms with Gasteiger partial charge in [0.25, 0.3) is 5.91 Å². The van der Waals surface area contributed by atoms with Gasteiger partial charge in [-0.3, -0.25) is 4.79 Å². The van der Waals surface area contributed by atoms with Crippen molar-refractivity contribution in [3.8, 4) is 11.4 Å². The number of ether oxygens (including phenoxy) is 1. The van der Waals surface area contributed by atoms with Gasteiger partial charge in [0.2, 0.25) is 0 Å². The average molecular weight is 474 g/mol. The molecule has 9 heteroatoms. The van der Waals surface area contributed by atoms with E-state index in [2.05, 4.69) is 15.5 Å². The number of carbonyl (C=O) groups is 2. The van der Waals surface area contributed by atoms with E-state index in [1.807, 2.05) is 92.0 Å². The summed E-state index contributed by atoms with van der Waals surface area (Å²) in [7, 11) is 0. The Kier molecular flexibility index (Phi) is 7.24. The third-order valence-corrected chi connectivity index (χ3v) is 5.73. The molecule has 0 aliphatic rings. The van der Waals surface area contributed by atoms with Crippen LogP contribution in [0.4, 0.5) is 5.69 Å². The summed E-state index contributed by atoms with van der Waals surface area (Å²) in [5, 5.41) is 13.8. The number of amides is 1. The molecule has 0 unspecified atom stereocenters. The lowest BCUT2D eigenvalue weighted by atomic mass is 10.2. The van der Waals surface area contributed by atoms with Gasteiger partial charge in [0.15, 0.2) is 18.1 Å². The van der Waals surface area contributed by atoms with Gasteiger partial charge in [0, 0.05) is 22.2 Å². The van der Waals surface area contributed by atoms with Gasteiger partial charge in [-0.25, -0.2) is 4.79 Å². The van der Waals surface area contributed by atoms with Crippen LogP contribution in [-0.4, -0.2) is 44.7 Å². The fraction of sp³-hybridized carbons (Fsp3) is 0.160. The molecule has 0 radical (unpaired) electrons. The van der Waals surface area contributed by atoms with Gasteiger partial charge in [-0.2, -0.15) is 4.68 Å². The molecule has 172 valence electrons. The predicted molar refractivity (Wildman–Crippen MR) is 132 cm³/mol. The van der Waals surface area contributed by atoms with E-state index in [0.717, 1.165) is 16.1 Å². The Morgan fingerprint density at radius 1 is 1.03 bits per heavy atom. The van der Waals surface area contributed by atoms with Crippen molar-refractivity contribution in [1.82, 2.24) is 20.2 Å². The van der Waals surface area contributed by atoms with Gasteiger partial charge >= 0.3 is 5.97 Å². The first-order valence-corrected chi connectivity index (χ1v) is 11.6. The molecule has 2 heterocycles. The van der Waals surface area contributed by atoms with Crippen LogP contribution in [0, 0.1) is 0 Å². The van der Waals surface area contributed by atoms with E-state index in [1.54, 1.807) is 11.0 Å². The normalized spacial score (nSPS) is 11.4. The van der Waals surface area contributed by atoms with Crippen molar-refractivity contribution in [2.24, 2.45) is 0 Å². The maximum atomic E-state index is 13.2. The number of hydrogen-bond donors (Lipinski definition) is 0. The van der Waals surface area contributed by atoms with Crippen LogP contribution in [0.5, 0.6) is 0 Å². The first kappa shape index (κ1) is 23.1. The molecule has 0 saturated carbocycles. The van der Waals surface area contributed by atoms with Crippen molar-refractivity contribution in [3.05, 3.63) is 83.1 Å². The van der Waals surface area contributed by atoms with Crippen LogP contribution in [0.1, 0.15) is 18.7 Å². The topological polar surface area (TPSA) is 90.2 Å². The number of thiophene rings is 1. The van der Waals surface area contributed by atoms with Gasteiger partial charge in [-0.15, -0.1) is 16.4 Å². The number of carbonyl (C=O) groups excluding carboxylic acids is 2. The van der Waals surface area contributed by atoms with Crippen LogP contribution in [0.2, 0.25) is 0 Å². The van der Waals surface area contributed by atoms with E-state index in [1.165, 1.54) is 16.0 Å². The summed E-state index contributed by atoms with van der Waals surface area (Å²) in [4.78, 5) is 28.6. The molecule has 0 aliphatic heterocycles. The van der Waals surface area contributed by atoms with Gasteiger partial charge < -0.3 is 9.64 Å². The Hall–Kier alpha value is -4.11. The maximum absolute atomic E-state index is 13.2. The second kappa shape index (κ2) is 10.7. The SMILES string of the molecule is CC(C)N(C(=O)COC(=O)/C(=C/c1cccs1)n1nnnc1-c1ccccc1)c1ccccc1. The van der Waals surface area contributed by atoms with E-state index in [4.69, 9.17) is 4.74 Å². The van der Waals surface area contributed by atoms with Crippen molar-refractivity contribution in [1.29, 1.82) is 0 Å². The Morgan fingerprint density at radius 2 is 1.74 bits per heavy atom. The number of rotatable bonds is 8. The number of benzene rings is 2. The number of nitrogens with zero attached hydrogens (tertiary/aromatic N) is 5. The van der Waals surface area contributed by atoms with Crippen LogP contribution in [0.15, 0.2) is 78.2 Å². The highest BCUT2D eigenvalue weighted by atomic mass is 32.1. The summed E-state index contributed by atoms with van der Waals surface area (Å²) >= 11 is 1.46. The molecular formula is C25H23N5O3S. The number of aromatic nitrogens is 4. The van der Waals surface area contributed by atoms with Crippen molar-refractivity contribution in [2.45, 2.75) is 19.9 Å². The Labute approximate surface area is 201 Å². The highest BCUT2D eigenvalue weighted by Gasteiger charge is 2.24. The summed E-state index contributed by atoms with van der Waals surface area (Å²) in [6.45, 7) is 3.39. The molecule has 0 fully saturated rings. The molecule has 1 amide bonds. The van der Waals surface area contributed by atoms with Crippen molar-refractivity contribution in [3.63, 3.8) is 0 Å². The van der Waals surface area contributed by atoms with Crippen LogP contribution >= 0.6 is 11.3 Å².